The van der Waals surface area contributed by atoms with E-state index in [0.717, 1.165) is 15.1 Å². The molecule has 2 N–H and O–H groups in total. The van der Waals surface area contributed by atoms with Gasteiger partial charge in [0.25, 0.3) is 0 Å². The number of fused-ring (bicyclic) bond motifs is 1. The second-order valence-electron chi connectivity index (χ2n) is 3.12. The molecule has 84 valence electrons. The summed E-state index contributed by atoms with van der Waals surface area (Å²) in [4.78, 5) is 12.1. The van der Waals surface area contributed by atoms with Crippen LogP contribution in [0.3, 0.4) is 0 Å². The molecule has 0 aliphatic heterocycles. The van der Waals surface area contributed by atoms with Crippen LogP contribution in [0.5, 0.6) is 0 Å². The van der Waals surface area contributed by atoms with Crippen LogP contribution < -0.4 is 5.32 Å². The second kappa shape index (κ2) is 4.63. The number of aromatic nitrogens is 2. The Morgan fingerprint density at radius 1 is 1.50 bits per heavy atom. The fourth-order valence-electron chi connectivity index (χ4n) is 1.30. The zero-order valence-electron chi connectivity index (χ0n) is 8.11. The third-order valence-electron chi connectivity index (χ3n) is 1.95. The summed E-state index contributed by atoms with van der Waals surface area (Å²) in [5.74, 6) is 0. The molecule has 0 aliphatic rings. The van der Waals surface area contributed by atoms with Gasteiger partial charge in [0, 0.05) is 16.8 Å². The van der Waals surface area contributed by atoms with Crippen LogP contribution >= 0.6 is 22.9 Å². The lowest BCUT2D eigenvalue weighted by atomic mass is 10.3. The Labute approximate surface area is 100 Å². The number of hydrogen-bond acceptors (Lipinski definition) is 4. The number of amides is 1. The molecular formula is C9H8ClN3O2S. The number of thiophene rings is 1. The Morgan fingerprint density at radius 3 is 3.06 bits per heavy atom. The number of carbonyl (C=O) groups is 1. The van der Waals surface area contributed by atoms with Gasteiger partial charge >= 0.3 is 6.09 Å². The molecular weight excluding hydrogens is 250 g/mol. The van der Waals surface area contributed by atoms with E-state index in [0.29, 0.717) is 18.1 Å². The van der Waals surface area contributed by atoms with Crippen LogP contribution in [0, 0.1) is 0 Å². The normalized spacial score (nSPS) is 10.6. The topological polar surface area (TPSA) is 75.1 Å². The van der Waals surface area contributed by atoms with Crippen LogP contribution in [-0.2, 0) is 6.42 Å². The van der Waals surface area contributed by atoms with E-state index in [2.05, 4.69) is 15.5 Å². The van der Waals surface area contributed by atoms with Crippen LogP contribution in [0.1, 0.15) is 4.88 Å². The highest BCUT2D eigenvalue weighted by Crippen LogP contribution is 2.24. The molecule has 0 aliphatic carbocycles. The minimum Gasteiger partial charge on any atom is -0.465 e. The molecule has 0 atom stereocenters. The van der Waals surface area contributed by atoms with Gasteiger partial charge in [0.2, 0.25) is 0 Å². The Morgan fingerprint density at radius 2 is 2.31 bits per heavy atom. The van der Waals surface area contributed by atoms with Crippen LogP contribution in [-0.4, -0.2) is 27.9 Å². The molecule has 2 aromatic heterocycles. The Bertz CT molecular complexity index is 528. The molecule has 0 bridgehead atoms. The molecule has 1 amide bonds. The molecule has 0 aromatic carbocycles. The van der Waals surface area contributed by atoms with Crippen LogP contribution in [0.4, 0.5) is 4.79 Å². The number of carboxylic acid groups (broad SMARTS) is 1. The van der Waals surface area contributed by atoms with Crippen LogP contribution in [0.15, 0.2) is 12.1 Å². The highest BCUT2D eigenvalue weighted by atomic mass is 35.5. The van der Waals surface area contributed by atoms with Crippen molar-refractivity contribution in [2.75, 3.05) is 6.54 Å². The second-order valence-corrected chi connectivity index (χ2v) is 4.62. The van der Waals surface area contributed by atoms with Crippen LogP contribution in [0.2, 0.25) is 5.15 Å². The van der Waals surface area contributed by atoms with E-state index in [-0.39, 0.29) is 0 Å². The molecule has 2 aromatic rings. The number of rotatable bonds is 3. The third kappa shape index (κ3) is 2.59. The van der Waals surface area contributed by atoms with Crippen molar-refractivity contribution in [1.82, 2.24) is 15.5 Å². The van der Waals surface area contributed by atoms with E-state index in [9.17, 15) is 4.79 Å². The summed E-state index contributed by atoms with van der Waals surface area (Å²) >= 11 is 7.21. The molecule has 0 saturated carbocycles. The fraction of sp³-hybridized carbons (Fsp3) is 0.222. The molecule has 0 spiro atoms. The average molecular weight is 258 g/mol. The van der Waals surface area contributed by atoms with Crippen molar-refractivity contribution in [1.29, 1.82) is 0 Å². The van der Waals surface area contributed by atoms with E-state index in [4.69, 9.17) is 16.7 Å². The summed E-state index contributed by atoms with van der Waals surface area (Å²) in [6, 6.07) is 3.69. The monoisotopic (exact) mass is 257 g/mol. The van der Waals surface area contributed by atoms with Crippen molar-refractivity contribution in [3.8, 4) is 0 Å². The summed E-state index contributed by atoms with van der Waals surface area (Å²) in [5, 5.41) is 19.7. The number of nitrogens with one attached hydrogen (secondary N) is 1. The molecule has 0 unspecified atom stereocenters. The first-order valence-electron chi connectivity index (χ1n) is 4.53. The largest absolute Gasteiger partial charge is 0.465 e. The molecule has 0 saturated heterocycles. The van der Waals surface area contributed by atoms with Gasteiger partial charge in [-0.2, -0.15) is 0 Å². The number of nitrogens with zero attached hydrogens (tertiary/aromatic N) is 2. The molecule has 0 radical (unpaired) electrons. The maximum Gasteiger partial charge on any atom is 0.404 e. The molecule has 16 heavy (non-hydrogen) atoms. The van der Waals surface area contributed by atoms with Gasteiger partial charge in [-0.15, -0.1) is 21.5 Å². The quantitative estimate of drug-likeness (QED) is 0.884. The van der Waals surface area contributed by atoms with Crippen LogP contribution in [0.25, 0.3) is 10.2 Å². The zero-order chi connectivity index (χ0) is 11.5. The van der Waals surface area contributed by atoms with E-state index in [1.165, 1.54) is 11.3 Å². The zero-order valence-corrected chi connectivity index (χ0v) is 9.68. The van der Waals surface area contributed by atoms with E-state index in [1.807, 2.05) is 6.07 Å². The van der Waals surface area contributed by atoms with Crippen molar-refractivity contribution in [2.24, 2.45) is 0 Å². The molecule has 5 nitrogen and oxygen atoms in total. The highest BCUT2D eigenvalue weighted by molar-refractivity contribution is 7.18. The Hall–Kier alpha value is -1.40. The lowest BCUT2D eigenvalue weighted by Crippen LogP contribution is -2.22. The van der Waals surface area contributed by atoms with Gasteiger partial charge in [0.1, 0.15) is 4.83 Å². The Kier molecular flexibility index (Phi) is 3.21. The maximum absolute atomic E-state index is 10.3. The first kappa shape index (κ1) is 11.1. The van der Waals surface area contributed by atoms with Gasteiger partial charge in [-0.3, -0.25) is 0 Å². The van der Waals surface area contributed by atoms with Crippen molar-refractivity contribution < 1.29 is 9.90 Å². The van der Waals surface area contributed by atoms with Gasteiger partial charge in [-0.1, -0.05) is 11.6 Å². The SMILES string of the molecule is O=C(O)NCCc1cc2cc(Cl)nnc2s1. The predicted octanol–water partition coefficient (Wildman–Crippen LogP) is 2.15. The highest BCUT2D eigenvalue weighted by Gasteiger charge is 2.05. The van der Waals surface area contributed by atoms with E-state index < -0.39 is 6.09 Å². The minimum atomic E-state index is -1.01. The van der Waals surface area contributed by atoms with E-state index >= 15 is 0 Å². The fourth-order valence-corrected chi connectivity index (χ4v) is 2.41. The lowest BCUT2D eigenvalue weighted by Gasteiger charge is -1.96. The molecule has 7 heteroatoms. The van der Waals surface area contributed by atoms with E-state index in [1.54, 1.807) is 6.07 Å². The van der Waals surface area contributed by atoms with Crippen molar-refractivity contribution in [3.05, 3.63) is 22.2 Å². The summed E-state index contributed by atoms with van der Waals surface area (Å²) in [7, 11) is 0. The van der Waals surface area contributed by atoms with Gasteiger partial charge in [0.05, 0.1) is 0 Å². The first-order valence-corrected chi connectivity index (χ1v) is 5.73. The summed E-state index contributed by atoms with van der Waals surface area (Å²) < 4.78 is 0. The van der Waals surface area contributed by atoms with Crippen molar-refractivity contribution in [2.45, 2.75) is 6.42 Å². The molecule has 2 heterocycles. The molecule has 0 fully saturated rings. The minimum absolute atomic E-state index is 0.362. The Balaban J connectivity index is 2.10. The predicted molar refractivity (Wildman–Crippen MR) is 62.2 cm³/mol. The number of hydrogen-bond donors (Lipinski definition) is 2. The lowest BCUT2D eigenvalue weighted by molar-refractivity contribution is 0.194. The van der Waals surface area contributed by atoms with Gasteiger partial charge in [-0.25, -0.2) is 4.79 Å². The standard InChI is InChI=1S/C9H8ClN3O2S/c10-7-4-5-3-6(1-2-11-9(14)15)16-8(5)13-12-7/h3-4,11H,1-2H2,(H,14,15). The van der Waals surface area contributed by atoms with Crippen molar-refractivity contribution in [3.63, 3.8) is 0 Å². The van der Waals surface area contributed by atoms with Gasteiger partial charge in [-0.05, 0) is 18.6 Å². The van der Waals surface area contributed by atoms with Gasteiger partial charge < -0.3 is 10.4 Å². The molecule has 2 rings (SSSR count). The smallest absolute Gasteiger partial charge is 0.404 e. The third-order valence-corrected chi connectivity index (χ3v) is 3.23. The average Bonchev–Trinajstić information content (AvgIpc) is 2.58. The van der Waals surface area contributed by atoms with Crippen molar-refractivity contribution >= 4 is 39.2 Å². The number of halogens is 1. The maximum atomic E-state index is 10.3. The first-order chi connectivity index (χ1) is 7.65. The summed E-state index contributed by atoms with van der Waals surface area (Å²) in [6.45, 7) is 0.392. The summed E-state index contributed by atoms with van der Waals surface area (Å²) in [6.07, 6.45) is -0.366. The summed E-state index contributed by atoms with van der Waals surface area (Å²) in [5.41, 5.74) is 0. The van der Waals surface area contributed by atoms with Gasteiger partial charge in [0.15, 0.2) is 5.15 Å².